The molecule has 21 heavy (non-hydrogen) atoms. The second-order valence-corrected chi connectivity index (χ2v) is 7.73. The minimum Gasteiger partial charge on any atom is -0.376 e. The summed E-state index contributed by atoms with van der Waals surface area (Å²) in [4.78, 5) is 12.1. The number of hydrogen-bond acceptors (Lipinski definition) is 4. The number of halogens is 1. The number of carbonyl (C=O) groups excluding carboxylic acids is 1. The van der Waals surface area contributed by atoms with Gasteiger partial charge in [0.2, 0.25) is 5.91 Å². The minimum absolute atomic E-state index is 0.0145. The number of rotatable bonds is 5. The number of carbonyl (C=O) groups is 1. The molecular weight excluding hydrogens is 314 g/mol. The summed E-state index contributed by atoms with van der Waals surface area (Å²) in [6.45, 7) is 2.42. The largest absolute Gasteiger partial charge is 0.376 e. The molecule has 0 bridgehead atoms. The summed E-state index contributed by atoms with van der Waals surface area (Å²) in [6.07, 6.45) is 1.84. The molecule has 0 radical (unpaired) electrons. The average molecular weight is 332 g/mol. The van der Waals surface area contributed by atoms with Crippen molar-refractivity contribution in [3.63, 3.8) is 0 Å². The first-order chi connectivity index (χ1) is 9.91. The summed E-state index contributed by atoms with van der Waals surface area (Å²) >= 11 is 5.74. The molecule has 1 aliphatic rings. The third-order valence-electron chi connectivity index (χ3n) is 3.50. The molecule has 0 aliphatic carbocycles. The Morgan fingerprint density at radius 1 is 1.43 bits per heavy atom. The fourth-order valence-corrected chi connectivity index (χ4v) is 3.55. The first-order valence-electron chi connectivity index (χ1n) is 6.80. The molecule has 0 spiro atoms. The van der Waals surface area contributed by atoms with E-state index in [0.717, 1.165) is 12.8 Å². The molecule has 1 amide bonds. The molecule has 1 N–H and O–H groups in total. The van der Waals surface area contributed by atoms with Gasteiger partial charge in [-0.05, 0) is 44.0 Å². The van der Waals surface area contributed by atoms with E-state index < -0.39 is 21.0 Å². The summed E-state index contributed by atoms with van der Waals surface area (Å²) in [6, 6.07) is 5.79. The van der Waals surface area contributed by atoms with Gasteiger partial charge < -0.3 is 10.1 Å². The average Bonchev–Trinajstić information content (AvgIpc) is 2.97. The zero-order valence-corrected chi connectivity index (χ0v) is 13.3. The van der Waals surface area contributed by atoms with Crippen molar-refractivity contribution in [3.05, 3.63) is 29.3 Å². The van der Waals surface area contributed by atoms with Gasteiger partial charge in [0.25, 0.3) is 0 Å². The predicted molar refractivity (Wildman–Crippen MR) is 80.1 cm³/mol. The van der Waals surface area contributed by atoms with E-state index in [4.69, 9.17) is 16.3 Å². The van der Waals surface area contributed by atoms with Crippen molar-refractivity contribution in [2.24, 2.45) is 0 Å². The molecule has 5 nitrogen and oxygen atoms in total. The highest BCUT2D eigenvalue weighted by molar-refractivity contribution is 7.92. The van der Waals surface area contributed by atoms with Crippen LogP contribution in [0.5, 0.6) is 0 Å². The zero-order chi connectivity index (χ0) is 15.5. The zero-order valence-electron chi connectivity index (χ0n) is 11.7. The summed E-state index contributed by atoms with van der Waals surface area (Å²) in [7, 11) is -3.71. The van der Waals surface area contributed by atoms with Crippen LogP contribution in [0.3, 0.4) is 0 Å². The maximum absolute atomic E-state index is 12.3. The normalized spacial score (nSPS) is 20.2. The molecule has 7 heteroatoms. The fourth-order valence-electron chi connectivity index (χ4n) is 2.13. The summed E-state index contributed by atoms with van der Waals surface area (Å²) in [5.74, 6) is -0.513. The highest BCUT2D eigenvalue weighted by atomic mass is 35.5. The van der Waals surface area contributed by atoms with Gasteiger partial charge in [-0.3, -0.25) is 4.79 Å². The van der Waals surface area contributed by atoms with Gasteiger partial charge >= 0.3 is 0 Å². The Labute approximate surface area is 129 Å². The lowest BCUT2D eigenvalue weighted by molar-refractivity contribution is -0.120. The van der Waals surface area contributed by atoms with E-state index in [2.05, 4.69) is 5.32 Å². The third kappa shape index (κ3) is 3.96. The van der Waals surface area contributed by atoms with Crippen LogP contribution in [0.4, 0.5) is 0 Å². The van der Waals surface area contributed by atoms with Gasteiger partial charge in [-0.2, -0.15) is 0 Å². The molecule has 1 aromatic rings. The summed E-state index contributed by atoms with van der Waals surface area (Å²) in [5.41, 5.74) is 0. The van der Waals surface area contributed by atoms with E-state index in [1.165, 1.54) is 31.2 Å². The van der Waals surface area contributed by atoms with E-state index in [1.807, 2.05) is 0 Å². The lowest BCUT2D eigenvalue weighted by Gasteiger charge is -2.15. The Balaban J connectivity index is 2.01. The molecule has 2 unspecified atom stereocenters. The summed E-state index contributed by atoms with van der Waals surface area (Å²) in [5, 5.41) is 1.94. The number of amides is 1. The Kier molecular flexibility index (Phi) is 5.24. The van der Waals surface area contributed by atoms with E-state index in [0.29, 0.717) is 18.2 Å². The molecule has 1 fully saturated rings. The lowest BCUT2D eigenvalue weighted by atomic mass is 10.2. The van der Waals surface area contributed by atoms with Crippen LogP contribution >= 0.6 is 11.6 Å². The number of benzene rings is 1. The maximum atomic E-state index is 12.3. The topological polar surface area (TPSA) is 72.5 Å². The Morgan fingerprint density at radius 2 is 2.10 bits per heavy atom. The molecule has 1 aliphatic heterocycles. The SMILES string of the molecule is CC(C(=O)NCC1CCCO1)S(=O)(=O)c1ccc(Cl)cc1. The van der Waals surface area contributed by atoms with E-state index >= 15 is 0 Å². The number of sulfone groups is 1. The van der Waals surface area contributed by atoms with Gasteiger partial charge in [0.1, 0.15) is 5.25 Å². The number of hydrogen-bond donors (Lipinski definition) is 1. The van der Waals surface area contributed by atoms with Crippen LogP contribution in [0.15, 0.2) is 29.2 Å². The Morgan fingerprint density at radius 3 is 2.67 bits per heavy atom. The van der Waals surface area contributed by atoms with Crippen molar-refractivity contribution < 1.29 is 17.9 Å². The third-order valence-corrected chi connectivity index (χ3v) is 5.83. The van der Waals surface area contributed by atoms with Gasteiger partial charge in [-0.25, -0.2) is 8.42 Å². The van der Waals surface area contributed by atoms with Gasteiger partial charge in [0, 0.05) is 18.2 Å². The summed E-state index contributed by atoms with van der Waals surface area (Å²) < 4.78 is 30.1. The van der Waals surface area contributed by atoms with Crippen LogP contribution < -0.4 is 5.32 Å². The molecule has 0 aromatic heterocycles. The lowest BCUT2D eigenvalue weighted by Crippen LogP contribution is -2.41. The van der Waals surface area contributed by atoms with Crippen LogP contribution in [0.2, 0.25) is 5.02 Å². The number of nitrogens with one attached hydrogen (secondary N) is 1. The second-order valence-electron chi connectivity index (χ2n) is 5.02. The minimum atomic E-state index is -3.71. The maximum Gasteiger partial charge on any atom is 0.238 e. The standard InChI is InChI=1S/C14H18ClNO4S/c1-10(14(17)16-9-12-3-2-8-20-12)21(18,19)13-6-4-11(15)5-7-13/h4-7,10,12H,2-3,8-9H2,1H3,(H,16,17). The Hall–Kier alpha value is -1.11. The predicted octanol–water partition coefficient (Wildman–Crippen LogP) is 1.80. The van der Waals surface area contributed by atoms with Gasteiger partial charge in [0.15, 0.2) is 9.84 Å². The van der Waals surface area contributed by atoms with Gasteiger partial charge in [-0.15, -0.1) is 0 Å². The smallest absolute Gasteiger partial charge is 0.238 e. The van der Waals surface area contributed by atoms with E-state index in [-0.39, 0.29) is 11.0 Å². The van der Waals surface area contributed by atoms with Crippen LogP contribution in [0.25, 0.3) is 0 Å². The van der Waals surface area contributed by atoms with Crippen molar-refractivity contribution in [2.45, 2.75) is 36.0 Å². The molecule has 2 rings (SSSR count). The molecule has 2 atom stereocenters. The van der Waals surface area contributed by atoms with Gasteiger partial charge in [0.05, 0.1) is 11.0 Å². The first-order valence-corrected chi connectivity index (χ1v) is 8.72. The van der Waals surface area contributed by atoms with Crippen molar-refractivity contribution in [3.8, 4) is 0 Å². The monoisotopic (exact) mass is 331 g/mol. The van der Waals surface area contributed by atoms with E-state index in [1.54, 1.807) is 0 Å². The number of ether oxygens (including phenoxy) is 1. The van der Waals surface area contributed by atoms with Crippen molar-refractivity contribution >= 4 is 27.3 Å². The first kappa shape index (κ1) is 16.3. The van der Waals surface area contributed by atoms with Crippen LogP contribution in [-0.2, 0) is 19.4 Å². The molecule has 0 saturated carbocycles. The van der Waals surface area contributed by atoms with Crippen molar-refractivity contribution in [2.75, 3.05) is 13.2 Å². The molecule has 116 valence electrons. The van der Waals surface area contributed by atoms with Crippen LogP contribution in [-0.4, -0.2) is 38.8 Å². The molecule has 1 saturated heterocycles. The molecule has 1 aromatic carbocycles. The fraction of sp³-hybridized carbons (Fsp3) is 0.500. The van der Waals surface area contributed by atoms with Crippen molar-refractivity contribution in [1.82, 2.24) is 5.32 Å². The second kappa shape index (κ2) is 6.77. The van der Waals surface area contributed by atoms with Crippen LogP contribution in [0, 0.1) is 0 Å². The van der Waals surface area contributed by atoms with Crippen molar-refractivity contribution in [1.29, 1.82) is 0 Å². The quantitative estimate of drug-likeness (QED) is 0.893. The van der Waals surface area contributed by atoms with Gasteiger partial charge in [-0.1, -0.05) is 11.6 Å². The molecule has 1 heterocycles. The molecular formula is C14H18ClNO4S. The Bertz CT molecular complexity index is 594. The highest BCUT2D eigenvalue weighted by Crippen LogP contribution is 2.19. The van der Waals surface area contributed by atoms with E-state index in [9.17, 15) is 13.2 Å². The highest BCUT2D eigenvalue weighted by Gasteiger charge is 2.30. The van der Waals surface area contributed by atoms with Crippen LogP contribution in [0.1, 0.15) is 19.8 Å².